The second-order valence-electron chi connectivity index (χ2n) is 2.04. The van der Waals surface area contributed by atoms with Crippen molar-refractivity contribution in [1.29, 1.82) is 0 Å². The van der Waals surface area contributed by atoms with Crippen LogP contribution in [0.3, 0.4) is 0 Å². The van der Waals surface area contributed by atoms with Gasteiger partial charge in [0, 0.05) is 15.5 Å². The fourth-order valence-electron chi connectivity index (χ4n) is 0.760. The molecule has 2 nitrogen and oxygen atoms in total. The second-order valence-corrected chi connectivity index (χ2v) is 3.51. The largest absolute Gasteiger partial charge is 0.761 e. The van der Waals surface area contributed by atoms with E-state index in [2.05, 4.69) is 31.9 Å². The molecular weight excluding hydrogens is 274 g/mol. The third kappa shape index (κ3) is 2.18. The highest BCUT2D eigenvalue weighted by Crippen LogP contribution is 2.22. The predicted octanol–water partition coefficient (Wildman–Crippen LogP) is 3.25. The molecule has 0 spiro atoms. The quantitative estimate of drug-likeness (QED) is 0.666. The van der Waals surface area contributed by atoms with Crippen LogP contribution in [0.1, 0.15) is 5.56 Å². The first-order valence-corrected chi connectivity index (χ1v) is 4.92. The molecule has 1 N–H and O–H groups in total. The van der Waals surface area contributed by atoms with Gasteiger partial charge in [0.1, 0.15) is 0 Å². The first-order chi connectivity index (χ1) is 5.27. The fraction of sp³-hybridized carbons (Fsp3) is 0.143. The second kappa shape index (κ2) is 4.09. The van der Waals surface area contributed by atoms with E-state index in [0.717, 1.165) is 10.0 Å². The third-order valence-electron chi connectivity index (χ3n) is 1.33. The van der Waals surface area contributed by atoms with Crippen molar-refractivity contribution in [3.63, 3.8) is 0 Å². The molecule has 0 aromatic heterocycles. The lowest BCUT2D eigenvalue weighted by atomic mass is 10.2. The van der Waals surface area contributed by atoms with E-state index in [4.69, 9.17) is 0 Å². The minimum Gasteiger partial charge on any atom is -0.761 e. The van der Waals surface area contributed by atoms with Gasteiger partial charge in [-0.05, 0) is 17.7 Å². The van der Waals surface area contributed by atoms with Crippen LogP contribution in [0, 0.1) is 5.21 Å². The number of hydrogen-bond donors (Lipinski definition) is 1. The highest BCUT2D eigenvalue weighted by molar-refractivity contribution is 9.10. The number of hydrogen-bond acceptors (Lipinski definition) is 2. The Balaban J connectivity index is 3.06. The van der Waals surface area contributed by atoms with Crippen LogP contribution in [-0.2, 0) is 5.33 Å². The Morgan fingerprint density at radius 1 is 1.45 bits per heavy atom. The van der Waals surface area contributed by atoms with Crippen molar-refractivity contribution in [2.45, 2.75) is 5.33 Å². The molecule has 0 unspecified atom stereocenters. The predicted molar refractivity (Wildman–Crippen MR) is 53.8 cm³/mol. The van der Waals surface area contributed by atoms with Gasteiger partial charge in [0.15, 0.2) is 0 Å². The first-order valence-electron chi connectivity index (χ1n) is 3.00. The summed E-state index contributed by atoms with van der Waals surface area (Å²) in [5, 5.41) is 11.1. The minimum absolute atomic E-state index is 0.608. The van der Waals surface area contributed by atoms with E-state index in [1.54, 1.807) is 6.07 Å². The van der Waals surface area contributed by atoms with Gasteiger partial charge in [-0.2, -0.15) is 0 Å². The SMILES string of the molecule is [O-]Nc1cc(Br)ccc1CBr. The molecule has 4 heteroatoms. The van der Waals surface area contributed by atoms with Crippen LogP contribution in [0.15, 0.2) is 22.7 Å². The van der Waals surface area contributed by atoms with Gasteiger partial charge in [-0.1, -0.05) is 37.9 Å². The van der Waals surface area contributed by atoms with Crippen molar-refractivity contribution in [1.82, 2.24) is 0 Å². The maximum Gasteiger partial charge on any atom is 0.0303 e. The highest BCUT2D eigenvalue weighted by Gasteiger charge is 1.96. The van der Waals surface area contributed by atoms with Crippen molar-refractivity contribution in [2.24, 2.45) is 0 Å². The lowest BCUT2D eigenvalue weighted by molar-refractivity contribution is 1.40. The molecule has 0 radical (unpaired) electrons. The zero-order valence-corrected chi connectivity index (χ0v) is 8.78. The number of alkyl halides is 1. The zero-order valence-electron chi connectivity index (χ0n) is 5.60. The molecule has 0 heterocycles. The van der Waals surface area contributed by atoms with Crippen molar-refractivity contribution in [3.05, 3.63) is 33.4 Å². The lowest BCUT2D eigenvalue weighted by Gasteiger charge is -2.13. The van der Waals surface area contributed by atoms with Gasteiger partial charge < -0.3 is 10.7 Å². The van der Waals surface area contributed by atoms with Crippen molar-refractivity contribution in [2.75, 3.05) is 5.48 Å². The molecule has 0 saturated carbocycles. The van der Waals surface area contributed by atoms with Gasteiger partial charge in [-0.3, -0.25) is 0 Å². The van der Waals surface area contributed by atoms with E-state index in [9.17, 15) is 5.21 Å². The van der Waals surface area contributed by atoms with E-state index in [-0.39, 0.29) is 0 Å². The summed E-state index contributed by atoms with van der Waals surface area (Å²) in [6, 6.07) is 5.54. The Kier molecular flexibility index (Phi) is 3.36. The summed E-state index contributed by atoms with van der Waals surface area (Å²) in [5.41, 5.74) is 3.45. The maximum atomic E-state index is 10.4. The molecule has 1 rings (SSSR count). The number of nitrogens with one attached hydrogen (secondary N) is 1. The fourth-order valence-corrected chi connectivity index (χ4v) is 1.61. The van der Waals surface area contributed by atoms with Gasteiger partial charge >= 0.3 is 0 Å². The highest BCUT2D eigenvalue weighted by atomic mass is 79.9. The summed E-state index contributed by atoms with van der Waals surface area (Å²) in [7, 11) is 0. The molecule has 0 amide bonds. The van der Waals surface area contributed by atoms with Crippen LogP contribution in [0.5, 0.6) is 0 Å². The van der Waals surface area contributed by atoms with Crippen LogP contribution < -0.4 is 5.48 Å². The molecule has 0 aliphatic rings. The van der Waals surface area contributed by atoms with Crippen molar-refractivity contribution >= 4 is 37.5 Å². The average molecular weight is 280 g/mol. The van der Waals surface area contributed by atoms with E-state index in [1.807, 2.05) is 17.6 Å². The number of halogens is 2. The smallest absolute Gasteiger partial charge is 0.0303 e. The van der Waals surface area contributed by atoms with E-state index in [1.165, 1.54) is 0 Å². The minimum atomic E-state index is 0.608. The van der Waals surface area contributed by atoms with Crippen LogP contribution >= 0.6 is 31.9 Å². The van der Waals surface area contributed by atoms with Crippen molar-refractivity contribution < 1.29 is 0 Å². The van der Waals surface area contributed by atoms with Gasteiger partial charge in [0.25, 0.3) is 0 Å². The van der Waals surface area contributed by atoms with E-state index in [0.29, 0.717) is 11.0 Å². The molecule has 60 valence electrons. The summed E-state index contributed by atoms with van der Waals surface area (Å²) in [6.07, 6.45) is 0. The molecule has 0 atom stereocenters. The first kappa shape index (κ1) is 9.03. The van der Waals surface area contributed by atoms with Gasteiger partial charge in [-0.15, -0.1) is 0 Å². The van der Waals surface area contributed by atoms with E-state index < -0.39 is 0 Å². The topological polar surface area (TPSA) is 35.1 Å². The average Bonchev–Trinajstić information content (AvgIpc) is 2.04. The standard InChI is InChI=1S/C7H6Br2NO/c8-4-5-1-2-6(9)3-7(5)10-11/h1-3,10H,4H2/q-1. The summed E-state index contributed by atoms with van der Waals surface area (Å²) >= 11 is 6.55. The van der Waals surface area contributed by atoms with Crippen molar-refractivity contribution in [3.8, 4) is 0 Å². The summed E-state index contributed by atoms with van der Waals surface area (Å²) in [5.74, 6) is 0. The Bertz CT molecular complexity index is 252. The van der Waals surface area contributed by atoms with Crippen LogP contribution in [0.25, 0.3) is 0 Å². The molecule has 0 fully saturated rings. The molecule has 1 aromatic rings. The monoisotopic (exact) mass is 278 g/mol. The van der Waals surface area contributed by atoms with Gasteiger partial charge in [0.05, 0.1) is 0 Å². The Labute approximate surface area is 81.8 Å². The molecule has 1 aromatic carbocycles. The number of rotatable bonds is 2. The zero-order chi connectivity index (χ0) is 8.27. The number of benzene rings is 1. The summed E-state index contributed by atoms with van der Waals surface area (Å²) < 4.78 is 0.903. The Morgan fingerprint density at radius 3 is 2.73 bits per heavy atom. The normalized spacial score (nSPS) is 9.73. The molecule has 0 aliphatic heterocycles. The van der Waals surface area contributed by atoms with Crippen LogP contribution in [-0.4, -0.2) is 0 Å². The third-order valence-corrected chi connectivity index (χ3v) is 2.42. The van der Waals surface area contributed by atoms with Gasteiger partial charge in [0.2, 0.25) is 0 Å². The number of anilines is 1. The molecule has 0 saturated heterocycles. The van der Waals surface area contributed by atoms with Crippen LogP contribution in [0.4, 0.5) is 5.69 Å². The Morgan fingerprint density at radius 2 is 2.18 bits per heavy atom. The molecular formula is C7H6Br2NO-. The van der Waals surface area contributed by atoms with Crippen LogP contribution in [0.2, 0.25) is 0 Å². The van der Waals surface area contributed by atoms with Gasteiger partial charge in [-0.25, -0.2) is 0 Å². The summed E-state index contributed by atoms with van der Waals surface area (Å²) in [4.78, 5) is 0. The lowest BCUT2D eigenvalue weighted by Crippen LogP contribution is -1.90. The molecule has 11 heavy (non-hydrogen) atoms. The molecule has 0 aliphatic carbocycles. The maximum absolute atomic E-state index is 10.4. The summed E-state index contributed by atoms with van der Waals surface area (Å²) in [6.45, 7) is 0. The Hall–Kier alpha value is -0.0600. The molecule has 0 bridgehead atoms. The van der Waals surface area contributed by atoms with E-state index >= 15 is 0 Å².